The van der Waals surface area contributed by atoms with E-state index in [9.17, 15) is 9.00 Å². The number of nitrogens with zero attached hydrogens (tertiary/aromatic N) is 2. The zero-order valence-corrected chi connectivity index (χ0v) is 16.3. The first-order valence-corrected chi connectivity index (χ1v) is 10.8. The van der Waals surface area contributed by atoms with Gasteiger partial charge < -0.3 is 4.57 Å². The zero-order valence-electron chi connectivity index (χ0n) is 14.7. The van der Waals surface area contributed by atoms with Gasteiger partial charge in [0.15, 0.2) is 4.80 Å². The third-order valence-corrected chi connectivity index (χ3v) is 5.41. The first-order chi connectivity index (χ1) is 12.5. The van der Waals surface area contributed by atoms with Crippen molar-refractivity contribution >= 4 is 28.0 Å². The van der Waals surface area contributed by atoms with Gasteiger partial charge in [-0.15, -0.1) is 11.3 Å². The second kappa shape index (κ2) is 8.38. The van der Waals surface area contributed by atoms with Crippen LogP contribution in [0.1, 0.15) is 27.0 Å². The Labute approximate surface area is 159 Å². The van der Waals surface area contributed by atoms with Crippen LogP contribution in [-0.2, 0) is 23.1 Å². The van der Waals surface area contributed by atoms with E-state index in [2.05, 4.69) is 36.2 Å². The molecule has 1 atom stereocenters. The molecular weight excluding hydrogens is 364 g/mol. The average molecular weight is 385 g/mol. The number of aromatic nitrogens is 1. The minimum absolute atomic E-state index is 0.283. The molecule has 0 fully saturated rings. The SMILES string of the molecule is Cc1ccc(Cn2ccsc2=NC(=O)c2cccc(CS(C)=O)c2)cc1. The summed E-state index contributed by atoms with van der Waals surface area (Å²) in [5.74, 6) is 0.155. The molecule has 1 heterocycles. The van der Waals surface area contributed by atoms with Crippen LogP contribution in [0.4, 0.5) is 0 Å². The highest BCUT2D eigenvalue weighted by molar-refractivity contribution is 7.83. The predicted molar refractivity (Wildman–Crippen MR) is 107 cm³/mol. The van der Waals surface area contributed by atoms with Gasteiger partial charge in [-0.1, -0.05) is 42.0 Å². The third kappa shape index (κ3) is 4.86. The number of aryl methyl sites for hydroxylation is 1. The van der Waals surface area contributed by atoms with E-state index in [0.717, 1.165) is 11.1 Å². The Kier molecular flexibility index (Phi) is 5.96. The van der Waals surface area contributed by atoms with Crippen molar-refractivity contribution in [2.75, 3.05) is 6.26 Å². The Bertz CT molecular complexity index is 1000. The molecule has 0 aliphatic carbocycles. The minimum atomic E-state index is -0.942. The lowest BCUT2D eigenvalue weighted by molar-refractivity contribution is 0.0997. The van der Waals surface area contributed by atoms with E-state index in [4.69, 9.17) is 0 Å². The quantitative estimate of drug-likeness (QED) is 0.676. The van der Waals surface area contributed by atoms with Gasteiger partial charge in [0.05, 0.1) is 0 Å². The maximum absolute atomic E-state index is 12.6. The van der Waals surface area contributed by atoms with Crippen molar-refractivity contribution in [1.82, 2.24) is 4.57 Å². The highest BCUT2D eigenvalue weighted by Gasteiger charge is 2.07. The summed E-state index contributed by atoms with van der Waals surface area (Å²) in [5, 5.41) is 1.93. The van der Waals surface area contributed by atoms with Gasteiger partial charge in [0, 0.05) is 46.5 Å². The van der Waals surface area contributed by atoms with E-state index in [1.807, 2.05) is 22.2 Å². The highest BCUT2D eigenvalue weighted by Crippen LogP contribution is 2.09. The van der Waals surface area contributed by atoms with Gasteiger partial charge in [-0.25, -0.2) is 0 Å². The minimum Gasteiger partial charge on any atom is -0.319 e. The fraction of sp³-hybridized carbons (Fsp3) is 0.200. The van der Waals surface area contributed by atoms with Crippen molar-refractivity contribution in [2.45, 2.75) is 19.2 Å². The van der Waals surface area contributed by atoms with Gasteiger partial charge in [-0.05, 0) is 30.2 Å². The normalized spacial score (nSPS) is 12.9. The number of amides is 1. The van der Waals surface area contributed by atoms with Gasteiger partial charge in [0.1, 0.15) is 0 Å². The van der Waals surface area contributed by atoms with Gasteiger partial charge in [-0.3, -0.25) is 9.00 Å². The fourth-order valence-corrected chi connectivity index (χ4v) is 3.95. The van der Waals surface area contributed by atoms with Crippen LogP contribution in [0.25, 0.3) is 0 Å². The van der Waals surface area contributed by atoms with Crippen LogP contribution in [0.3, 0.4) is 0 Å². The molecule has 0 spiro atoms. The van der Waals surface area contributed by atoms with E-state index in [-0.39, 0.29) is 5.91 Å². The smallest absolute Gasteiger partial charge is 0.279 e. The lowest BCUT2D eigenvalue weighted by Crippen LogP contribution is -2.17. The number of rotatable bonds is 5. The van der Waals surface area contributed by atoms with E-state index in [1.54, 1.807) is 24.5 Å². The molecule has 1 amide bonds. The van der Waals surface area contributed by atoms with Crippen LogP contribution >= 0.6 is 11.3 Å². The summed E-state index contributed by atoms with van der Waals surface area (Å²) in [5.41, 5.74) is 3.78. The lowest BCUT2D eigenvalue weighted by atomic mass is 10.1. The predicted octanol–water partition coefficient (Wildman–Crippen LogP) is 3.53. The Balaban J connectivity index is 1.84. The number of carbonyl (C=O) groups is 1. The number of thiazole rings is 1. The van der Waals surface area contributed by atoms with Crippen LogP contribution in [0.5, 0.6) is 0 Å². The molecule has 4 nitrogen and oxygen atoms in total. The number of hydrogen-bond acceptors (Lipinski definition) is 3. The first kappa shape index (κ1) is 18.5. The topological polar surface area (TPSA) is 51.4 Å². The molecule has 26 heavy (non-hydrogen) atoms. The second-order valence-electron chi connectivity index (χ2n) is 6.13. The third-order valence-electron chi connectivity index (χ3n) is 3.87. The van der Waals surface area contributed by atoms with Crippen molar-refractivity contribution in [3.05, 3.63) is 87.2 Å². The Hall–Kier alpha value is -2.31. The Morgan fingerprint density at radius 2 is 1.92 bits per heavy atom. The second-order valence-corrected chi connectivity index (χ2v) is 8.44. The number of carbonyl (C=O) groups excluding carboxylic acids is 1. The summed E-state index contributed by atoms with van der Waals surface area (Å²) < 4.78 is 13.4. The molecule has 0 aliphatic rings. The monoisotopic (exact) mass is 384 g/mol. The highest BCUT2D eigenvalue weighted by atomic mass is 32.2. The Morgan fingerprint density at radius 1 is 1.15 bits per heavy atom. The molecule has 134 valence electrons. The summed E-state index contributed by atoms with van der Waals surface area (Å²) in [7, 11) is -0.942. The fourth-order valence-electron chi connectivity index (χ4n) is 2.58. The van der Waals surface area contributed by atoms with Crippen LogP contribution in [0.15, 0.2) is 65.1 Å². The summed E-state index contributed by atoms with van der Waals surface area (Å²) in [4.78, 5) is 17.5. The lowest BCUT2D eigenvalue weighted by Gasteiger charge is -2.04. The molecule has 0 N–H and O–H groups in total. The molecule has 0 radical (unpaired) electrons. The van der Waals surface area contributed by atoms with Crippen LogP contribution in [0.2, 0.25) is 0 Å². The van der Waals surface area contributed by atoms with Crippen LogP contribution < -0.4 is 4.80 Å². The Morgan fingerprint density at radius 3 is 2.65 bits per heavy atom. The van der Waals surface area contributed by atoms with E-state index >= 15 is 0 Å². The zero-order chi connectivity index (χ0) is 18.5. The van der Waals surface area contributed by atoms with Crippen LogP contribution in [0, 0.1) is 6.92 Å². The molecule has 3 aromatic rings. The molecule has 1 aromatic heterocycles. The molecule has 0 bridgehead atoms. The van der Waals surface area contributed by atoms with E-state index in [0.29, 0.717) is 22.7 Å². The van der Waals surface area contributed by atoms with Gasteiger partial charge in [0.25, 0.3) is 5.91 Å². The van der Waals surface area contributed by atoms with Crippen molar-refractivity contribution in [3.63, 3.8) is 0 Å². The summed E-state index contributed by atoms with van der Waals surface area (Å²) in [6.45, 7) is 2.73. The van der Waals surface area contributed by atoms with Gasteiger partial charge in [0.2, 0.25) is 0 Å². The molecule has 0 saturated heterocycles. The largest absolute Gasteiger partial charge is 0.319 e. The first-order valence-electron chi connectivity index (χ1n) is 8.19. The molecular formula is C20H20N2O2S2. The van der Waals surface area contributed by atoms with Gasteiger partial charge in [-0.2, -0.15) is 4.99 Å². The molecule has 2 aromatic carbocycles. The van der Waals surface area contributed by atoms with E-state index < -0.39 is 10.8 Å². The number of hydrogen-bond donors (Lipinski definition) is 0. The molecule has 6 heteroatoms. The van der Waals surface area contributed by atoms with Crippen molar-refractivity contribution in [3.8, 4) is 0 Å². The average Bonchev–Trinajstić information content (AvgIpc) is 3.03. The molecule has 1 unspecified atom stereocenters. The van der Waals surface area contributed by atoms with E-state index in [1.165, 1.54) is 16.9 Å². The van der Waals surface area contributed by atoms with Crippen molar-refractivity contribution in [1.29, 1.82) is 0 Å². The summed E-state index contributed by atoms with van der Waals surface area (Å²) in [6.07, 6.45) is 3.59. The van der Waals surface area contributed by atoms with Crippen molar-refractivity contribution in [2.24, 2.45) is 4.99 Å². The standard InChI is InChI=1S/C20H20N2O2S2/c1-15-6-8-16(9-7-15)13-22-10-11-25-20(22)21-19(23)18-5-3-4-17(12-18)14-26(2)24/h3-12H,13-14H2,1-2H3. The van der Waals surface area contributed by atoms with Gasteiger partial charge >= 0.3 is 0 Å². The summed E-state index contributed by atoms with van der Waals surface area (Å²) in [6, 6.07) is 15.5. The molecule has 0 aliphatic heterocycles. The number of benzene rings is 2. The van der Waals surface area contributed by atoms with Crippen molar-refractivity contribution < 1.29 is 9.00 Å². The molecule has 3 rings (SSSR count). The summed E-state index contributed by atoms with van der Waals surface area (Å²) >= 11 is 1.44. The maximum atomic E-state index is 12.6. The van der Waals surface area contributed by atoms with Crippen LogP contribution in [-0.4, -0.2) is 20.9 Å². The maximum Gasteiger partial charge on any atom is 0.279 e. The molecule has 0 saturated carbocycles.